The van der Waals surface area contributed by atoms with Crippen LogP contribution in [0, 0.1) is 5.92 Å². The van der Waals surface area contributed by atoms with E-state index in [0.717, 1.165) is 29.7 Å². The van der Waals surface area contributed by atoms with E-state index >= 15 is 0 Å². The number of carbonyl (C=O) groups is 2. The summed E-state index contributed by atoms with van der Waals surface area (Å²) in [6.45, 7) is 19.6. The van der Waals surface area contributed by atoms with Crippen molar-refractivity contribution < 1.29 is 9.59 Å². The molecule has 0 aliphatic carbocycles. The summed E-state index contributed by atoms with van der Waals surface area (Å²) in [4.78, 5) is 24.3. The van der Waals surface area contributed by atoms with Crippen LogP contribution in [0.4, 0.5) is 0 Å². The molecule has 0 radical (unpaired) electrons. The molecule has 0 bridgehead atoms. The fourth-order valence-electron chi connectivity index (χ4n) is 2.28. The Bertz CT molecular complexity index is 599. The molecule has 4 heteroatoms. The van der Waals surface area contributed by atoms with E-state index in [-0.39, 0.29) is 24.0 Å². The molecule has 144 valence electrons. The van der Waals surface area contributed by atoms with Crippen LogP contribution in [0.15, 0.2) is 59.0 Å². The first-order chi connectivity index (χ1) is 12.2. The van der Waals surface area contributed by atoms with Gasteiger partial charge >= 0.3 is 0 Å². The molecule has 0 aromatic rings. The smallest absolute Gasteiger partial charge is 0.228 e. The second-order valence-electron chi connectivity index (χ2n) is 6.41. The zero-order chi connectivity index (χ0) is 20.1. The van der Waals surface area contributed by atoms with Gasteiger partial charge in [-0.05, 0) is 44.4 Å². The Labute approximate surface area is 163 Å². The minimum absolute atomic E-state index is 0.0188. The van der Waals surface area contributed by atoms with Crippen molar-refractivity contribution in [3.63, 3.8) is 0 Å². The van der Waals surface area contributed by atoms with Crippen LogP contribution in [0.25, 0.3) is 0 Å². The van der Waals surface area contributed by atoms with E-state index in [1.54, 1.807) is 0 Å². The lowest BCUT2D eigenvalue weighted by Crippen LogP contribution is -2.29. The van der Waals surface area contributed by atoms with Gasteiger partial charge in [0.2, 0.25) is 5.91 Å². The van der Waals surface area contributed by atoms with Gasteiger partial charge in [-0.1, -0.05) is 74.7 Å². The second-order valence-corrected chi connectivity index (χ2v) is 7.69. The van der Waals surface area contributed by atoms with Crippen molar-refractivity contribution in [3.8, 4) is 0 Å². The maximum absolute atomic E-state index is 12.2. The molecule has 0 saturated heterocycles. The Morgan fingerprint density at radius 2 is 1.73 bits per heavy atom. The van der Waals surface area contributed by atoms with Gasteiger partial charge in [-0.15, -0.1) is 0 Å². The number of hydrogen-bond acceptors (Lipinski definition) is 3. The number of amides is 1. The molecule has 1 N–H and O–H groups in total. The van der Waals surface area contributed by atoms with Crippen LogP contribution < -0.4 is 5.32 Å². The monoisotopic (exact) mass is 375 g/mol. The Hall–Kier alpha value is -1.81. The molecule has 0 rings (SSSR count). The van der Waals surface area contributed by atoms with Gasteiger partial charge in [-0.2, -0.15) is 0 Å². The number of thioether (sulfide) groups is 1. The van der Waals surface area contributed by atoms with Crippen molar-refractivity contribution in [2.45, 2.75) is 59.8 Å². The molecular weight excluding hydrogens is 342 g/mol. The molecular formula is C22H33NO2S. The number of nitrogens with one attached hydrogen (secondary N) is 1. The molecule has 0 heterocycles. The Morgan fingerprint density at radius 1 is 1.08 bits per heavy atom. The SMILES string of the molecule is C=C(/C=C\C(C)=C/CC)CCC(=C)SC(=C)NC(=O)C(CC)CC(C)=O. The van der Waals surface area contributed by atoms with Gasteiger partial charge < -0.3 is 10.1 Å². The highest BCUT2D eigenvalue weighted by Gasteiger charge is 2.19. The molecule has 3 nitrogen and oxygen atoms in total. The standard InChI is InChI=1S/C22H33NO2S/c1-8-10-16(3)11-12-17(4)13-14-19(6)26-20(7)23-22(25)21(9-2)15-18(5)24/h10-12,21H,4,6-9,13-15H2,1-3,5H3,(H,23,25)/b12-11-,16-10-. The summed E-state index contributed by atoms with van der Waals surface area (Å²) in [5.41, 5.74) is 2.27. The topological polar surface area (TPSA) is 46.2 Å². The lowest BCUT2D eigenvalue weighted by Gasteiger charge is -2.15. The average molecular weight is 376 g/mol. The van der Waals surface area contributed by atoms with Crippen LogP contribution in [0.2, 0.25) is 0 Å². The van der Waals surface area contributed by atoms with Crippen molar-refractivity contribution in [2.75, 3.05) is 0 Å². The van der Waals surface area contributed by atoms with E-state index in [9.17, 15) is 9.59 Å². The number of hydrogen-bond donors (Lipinski definition) is 1. The summed E-state index contributed by atoms with van der Waals surface area (Å²) in [5, 5.41) is 3.33. The van der Waals surface area contributed by atoms with E-state index in [0.29, 0.717) is 11.4 Å². The van der Waals surface area contributed by atoms with Gasteiger partial charge in [-0.3, -0.25) is 4.79 Å². The Morgan fingerprint density at radius 3 is 2.27 bits per heavy atom. The van der Waals surface area contributed by atoms with E-state index < -0.39 is 0 Å². The zero-order valence-electron chi connectivity index (χ0n) is 16.7. The maximum Gasteiger partial charge on any atom is 0.228 e. The number of carbonyl (C=O) groups excluding carboxylic acids is 2. The summed E-state index contributed by atoms with van der Waals surface area (Å²) in [6, 6.07) is 0. The fourth-order valence-corrected chi connectivity index (χ4v) is 2.99. The lowest BCUT2D eigenvalue weighted by atomic mass is 9.99. The van der Waals surface area contributed by atoms with Crippen LogP contribution >= 0.6 is 11.8 Å². The third-order valence-corrected chi connectivity index (χ3v) is 4.60. The van der Waals surface area contributed by atoms with Crippen molar-refractivity contribution in [3.05, 3.63) is 59.0 Å². The lowest BCUT2D eigenvalue weighted by molar-refractivity contribution is -0.128. The van der Waals surface area contributed by atoms with E-state index in [4.69, 9.17) is 0 Å². The minimum Gasteiger partial charge on any atom is -0.321 e. The average Bonchev–Trinajstić information content (AvgIpc) is 2.55. The van der Waals surface area contributed by atoms with Crippen LogP contribution in [-0.2, 0) is 9.59 Å². The molecule has 0 aromatic heterocycles. The predicted octanol–water partition coefficient (Wildman–Crippen LogP) is 6.07. The first kappa shape index (κ1) is 24.2. The van der Waals surface area contributed by atoms with Crippen molar-refractivity contribution in [1.29, 1.82) is 0 Å². The van der Waals surface area contributed by atoms with Crippen molar-refractivity contribution in [1.82, 2.24) is 5.32 Å². The van der Waals surface area contributed by atoms with Crippen LogP contribution in [0.3, 0.4) is 0 Å². The third kappa shape index (κ3) is 11.7. The highest BCUT2D eigenvalue weighted by Crippen LogP contribution is 2.26. The molecule has 26 heavy (non-hydrogen) atoms. The molecule has 0 aliphatic rings. The fraction of sp³-hybridized carbons (Fsp3) is 0.455. The van der Waals surface area contributed by atoms with Gasteiger partial charge in [0, 0.05) is 12.3 Å². The molecule has 1 unspecified atom stereocenters. The summed E-state index contributed by atoms with van der Waals surface area (Å²) in [6.07, 6.45) is 9.76. The van der Waals surface area contributed by atoms with Crippen molar-refractivity contribution in [2.24, 2.45) is 5.92 Å². The number of allylic oxidation sites excluding steroid dienone is 6. The highest BCUT2D eigenvalue weighted by atomic mass is 32.2. The molecule has 0 aromatic carbocycles. The maximum atomic E-state index is 12.2. The molecule has 0 aliphatic heterocycles. The van der Waals surface area contributed by atoms with Gasteiger partial charge in [0.25, 0.3) is 0 Å². The molecule has 0 fully saturated rings. The third-order valence-electron chi connectivity index (χ3n) is 3.76. The van der Waals surface area contributed by atoms with Gasteiger partial charge in [0.1, 0.15) is 5.78 Å². The predicted molar refractivity (Wildman–Crippen MR) is 115 cm³/mol. The Balaban J connectivity index is 4.32. The van der Waals surface area contributed by atoms with E-state index in [2.05, 4.69) is 51.1 Å². The number of Topliss-reactive ketones (excluding diaryl/α,β-unsaturated/α-hetero) is 1. The second kappa shape index (κ2) is 13.4. The Kier molecular flexibility index (Phi) is 12.5. The van der Waals surface area contributed by atoms with Crippen LogP contribution in [0.1, 0.15) is 59.8 Å². The van der Waals surface area contributed by atoms with Crippen molar-refractivity contribution >= 4 is 23.5 Å². The molecule has 0 spiro atoms. The first-order valence-electron chi connectivity index (χ1n) is 9.06. The summed E-state index contributed by atoms with van der Waals surface area (Å²) in [5.74, 6) is -0.439. The normalized spacial score (nSPS) is 12.7. The zero-order valence-corrected chi connectivity index (χ0v) is 17.5. The minimum atomic E-state index is -0.303. The van der Waals surface area contributed by atoms with E-state index in [1.165, 1.54) is 24.3 Å². The van der Waals surface area contributed by atoms with E-state index in [1.807, 2.05) is 13.0 Å². The summed E-state index contributed by atoms with van der Waals surface area (Å²) >= 11 is 1.37. The quantitative estimate of drug-likeness (QED) is 0.397. The highest BCUT2D eigenvalue weighted by molar-refractivity contribution is 8.06. The van der Waals surface area contributed by atoms with Crippen LogP contribution in [-0.4, -0.2) is 11.7 Å². The van der Waals surface area contributed by atoms with Gasteiger partial charge in [-0.25, -0.2) is 0 Å². The summed E-state index contributed by atoms with van der Waals surface area (Å²) in [7, 11) is 0. The van der Waals surface area contributed by atoms with Gasteiger partial charge in [0.15, 0.2) is 0 Å². The largest absolute Gasteiger partial charge is 0.321 e. The molecule has 0 saturated carbocycles. The molecule has 1 amide bonds. The van der Waals surface area contributed by atoms with Crippen LogP contribution in [0.5, 0.6) is 0 Å². The van der Waals surface area contributed by atoms with Gasteiger partial charge in [0.05, 0.1) is 5.03 Å². The molecule has 1 atom stereocenters. The summed E-state index contributed by atoms with van der Waals surface area (Å²) < 4.78 is 0. The first-order valence-corrected chi connectivity index (χ1v) is 9.88. The number of ketones is 1. The number of rotatable bonds is 13.